The molecule has 3 atom stereocenters. The molecule has 22 heavy (non-hydrogen) atoms. The summed E-state index contributed by atoms with van der Waals surface area (Å²) in [6.45, 7) is 3.66. The van der Waals surface area contributed by atoms with Gasteiger partial charge in [0.05, 0.1) is 6.10 Å². The highest BCUT2D eigenvalue weighted by atomic mass is 16.5. The quantitative estimate of drug-likeness (QED) is 0.873. The Bertz CT molecular complexity index is 721. The zero-order valence-electron chi connectivity index (χ0n) is 13.2. The zero-order chi connectivity index (χ0) is 15.3. The molecule has 4 heteroatoms. The number of benzene rings is 1. The van der Waals surface area contributed by atoms with Crippen molar-refractivity contribution in [2.75, 3.05) is 13.2 Å². The summed E-state index contributed by atoms with van der Waals surface area (Å²) in [6, 6.07) is 8.44. The Hall–Kier alpha value is -1.81. The molecule has 1 amide bonds. The van der Waals surface area contributed by atoms with E-state index in [2.05, 4.69) is 15.5 Å². The van der Waals surface area contributed by atoms with Gasteiger partial charge in [-0.15, -0.1) is 0 Å². The number of carbonyl (C=O) groups excluding carboxylic acids is 1. The molecule has 4 nitrogen and oxygen atoms in total. The minimum absolute atomic E-state index is 0.174. The number of hydrogen-bond donors (Lipinski definition) is 0. The van der Waals surface area contributed by atoms with Crippen molar-refractivity contribution >= 4 is 16.8 Å². The van der Waals surface area contributed by atoms with Crippen molar-refractivity contribution in [1.82, 2.24) is 9.47 Å². The van der Waals surface area contributed by atoms with Gasteiger partial charge in [0, 0.05) is 54.8 Å². The second kappa shape index (κ2) is 5.13. The topological polar surface area (TPSA) is 34.5 Å². The van der Waals surface area contributed by atoms with Crippen LogP contribution in [0.1, 0.15) is 30.1 Å². The molecular weight excluding hydrogens is 276 g/mol. The van der Waals surface area contributed by atoms with Crippen LogP contribution in [0, 0.1) is 5.92 Å². The van der Waals surface area contributed by atoms with Gasteiger partial charge in [-0.2, -0.15) is 0 Å². The fraction of sp³-hybridized carbons (Fsp3) is 0.500. The Kier molecular flexibility index (Phi) is 3.22. The van der Waals surface area contributed by atoms with Gasteiger partial charge in [-0.05, 0) is 44.0 Å². The van der Waals surface area contributed by atoms with E-state index in [0.717, 1.165) is 42.5 Å². The molecule has 1 aromatic carbocycles. The number of carbonyl (C=O) groups is 1. The third-order valence-electron chi connectivity index (χ3n) is 5.25. The average Bonchev–Trinajstić information content (AvgIpc) is 3.21. The Labute approximate surface area is 130 Å². The molecule has 2 heterocycles. The number of fused-ring (bicyclic) bond motifs is 3. The van der Waals surface area contributed by atoms with Crippen molar-refractivity contribution in [3.63, 3.8) is 0 Å². The second-order valence-corrected chi connectivity index (χ2v) is 6.54. The number of aromatic nitrogens is 1. The van der Waals surface area contributed by atoms with Gasteiger partial charge in [-0.3, -0.25) is 4.79 Å². The number of aryl methyl sites for hydroxylation is 1. The lowest BCUT2D eigenvalue weighted by Gasteiger charge is -2.31. The van der Waals surface area contributed by atoms with Crippen LogP contribution in [0.2, 0.25) is 0 Å². The van der Waals surface area contributed by atoms with Gasteiger partial charge in [0.15, 0.2) is 0 Å². The number of likely N-dealkylation sites (tertiary alicyclic amines) is 1. The predicted octanol–water partition coefficient (Wildman–Crippen LogP) is 2.82. The number of ether oxygens (including phenoxy) is 1. The molecule has 1 aliphatic heterocycles. The van der Waals surface area contributed by atoms with E-state index in [-0.39, 0.29) is 5.91 Å². The predicted molar refractivity (Wildman–Crippen MR) is 85.9 cm³/mol. The van der Waals surface area contributed by atoms with Gasteiger partial charge >= 0.3 is 0 Å². The first-order valence-corrected chi connectivity index (χ1v) is 8.15. The Balaban J connectivity index is 1.55. The molecule has 2 bridgehead atoms. The van der Waals surface area contributed by atoms with Gasteiger partial charge in [0.1, 0.15) is 0 Å². The Morgan fingerprint density at radius 2 is 2.18 bits per heavy atom. The van der Waals surface area contributed by atoms with E-state index in [4.69, 9.17) is 4.74 Å². The lowest BCUT2D eigenvalue weighted by Crippen LogP contribution is -2.42. The third-order valence-corrected chi connectivity index (χ3v) is 5.25. The van der Waals surface area contributed by atoms with E-state index >= 15 is 0 Å². The summed E-state index contributed by atoms with van der Waals surface area (Å²) in [7, 11) is 2.02. The lowest BCUT2D eigenvalue weighted by molar-refractivity contribution is 0.00756. The molecule has 116 valence electrons. The number of rotatable bonds is 3. The van der Waals surface area contributed by atoms with Crippen LogP contribution in [0.25, 0.3) is 10.9 Å². The van der Waals surface area contributed by atoms with Crippen molar-refractivity contribution in [3.8, 4) is 0 Å². The number of amides is 1. The second-order valence-electron chi connectivity index (χ2n) is 6.54. The first-order chi connectivity index (χ1) is 10.7. The molecule has 2 aliphatic rings. The first-order valence-electron chi connectivity index (χ1n) is 8.15. The fourth-order valence-corrected chi connectivity index (χ4v) is 4.15. The van der Waals surface area contributed by atoms with E-state index in [1.165, 1.54) is 0 Å². The van der Waals surface area contributed by atoms with Gasteiger partial charge < -0.3 is 14.2 Å². The van der Waals surface area contributed by atoms with E-state index in [1.807, 2.05) is 38.4 Å². The highest BCUT2D eigenvalue weighted by Gasteiger charge is 2.46. The van der Waals surface area contributed by atoms with Crippen LogP contribution in [-0.4, -0.2) is 40.7 Å². The van der Waals surface area contributed by atoms with Crippen LogP contribution in [0.3, 0.4) is 0 Å². The van der Waals surface area contributed by atoms with Crippen LogP contribution >= 0.6 is 0 Å². The molecule has 4 rings (SSSR count). The summed E-state index contributed by atoms with van der Waals surface area (Å²) in [5, 5.41) is 1.13. The van der Waals surface area contributed by atoms with Crippen molar-refractivity contribution < 1.29 is 9.53 Å². The van der Waals surface area contributed by atoms with E-state index in [1.54, 1.807) is 0 Å². The molecule has 0 N–H and O–H groups in total. The molecule has 0 spiro atoms. The largest absolute Gasteiger partial charge is 0.378 e. The summed E-state index contributed by atoms with van der Waals surface area (Å²) in [4.78, 5) is 14.9. The maximum absolute atomic E-state index is 12.8. The molecule has 2 unspecified atom stereocenters. The molecule has 1 aliphatic carbocycles. The summed E-state index contributed by atoms with van der Waals surface area (Å²) >= 11 is 0. The number of piperidine rings is 1. The third kappa shape index (κ3) is 2.05. The van der Waals surface area contributed by atoms with Gasteiger partial charge in [-0.25, -0.2) is 0 Å². The molecule has 1 saturated carbocycles. The van der Waals surface area contributed by atoms with Crippen LogP contribution in [0.15, 0.2) is 30.5 Å². The van der Waals surface area contributed by atoms with Gasteiger partial charge in [0.2, 0.25) is 0 Å². The van der Waals surface area contributed by atoms with E-state index in [0.29, 0.717) is 18.1 Å². The smallest absolute Gasteiger partial charge is 0.254 e. The van der Waals surface area contributed by atoms with Crippen molar-refractivity contribution in [2.24, 2.45) is 13.0 Å². The van der Waals surface area contributed by atoms with Crippen molar-refractivity contribution in [3.05, 3.63) is 36.0 Å². The lowest BCUT2D eigenvalue weighted by atomic mass is 10.0. The summed E-state index contributed by atoms with van der Waals surface area (Å²) in [6.07, 6.45) is 4.49. The number of hydrogen-bond acceptors (Lipinski definition) is 2. The van der Waals surface area contributed by atoms with E-state index in [9.17, 15) is 4.79 Å². The molecule has 0 radical (unpaired) electrons. The number of nitrogens with zero attached hydrogens (tertiary/aromatic N) is 2. The maximum Gasteiger partial charge on any atom is 0.254 e. The van der Waals surface area contributed by atoms with Gasteiger partial charge in [-0.1, -0.05) is 0 Å². The summed E-state index contributed by atoms with van der Waals surface area (Å²) in [5.41, 5.74) is 1.97. The Morgan fingerprint density at radius 3 is 2.91 bits per heavy atom. The molecule has 2 fully saturated rings. The Morgan fingerprint density at radius 1 is 1.32 bits per heavy atom. The fourth-order valence-electron chi connectivity index (χ4n) is 4.15. The monoisotopic (exact) mass is 298 g/mol. The minimum Gasteiger partial charge on any atom is -0.378 e. The molecule has 1 aromatic heterocycles. The normalized spacial score (nSPS) is 27.0. The molecule has 2 aromatic rings. The summed E-state index contributed by atoms with van der Waals surface area (Å²) < 4.78 is 7.87. The van der Waals surface area contributed by atoms with Crippen LogP contribution in [0.4, 0.5) is 0 Å². The first kappa shape index (κ1) is 13.8. The molecule has 1 saturated heterocycles. The standard InChI is InChI=1S/C18H22N2O2/c1-3-22-17-10-15-9-14(17)11-20(15)18(21)13-4-5-16-12(8-13)6-7-19(16)2/h4-8,14-15,17H,3,9-11H2,1-2H3/t14?,15?,17-/m0/s1. The summed E-state index contributed by atoms with van der Waals surface area (Å²) in [5.74, 6) is 0.697. The zero-order valence-corrected chi connectivity index (χ0v) is 13.2. The highest BCUT2D eigenvalue weighted by molar-refractivity contribution is 5.98. The SMILES string of the molecule is CCO[C@H]1CC2CC1CN2C(=O)c1ccc2c(ccn2C)c1. The van der Waals surface area contributed by atoms with Crippen LogP contribution in [-0.2, 0) is 11.8 Å². The van der Waals surface area contributed by atoms with Crippen molar-refractivity contribution in [1.29, 1.82) is 0 Å². The average molecular weight is 298 g/mol. The van der Waals surface area contributed by atoms with Crippen LogP contribution < -0.4 is 0 Å². The van der Waals surface area contributed by atoms with E-state index < -0.39 is 0 Å². The molecular formula is C18H22N2O2. The van der Waals surface area contributed by atoms with Gasteiger partial charge in [0.25, 0.3) is 5.91 Å². The minimum atomic E-state index is 0.174. The van der Waals surface area contributed by atoms with Crippen LogP contribution in [0.5, 0.6) is 0 Å². The van der Waals surface area contributed by atoms with Crippen molar-refractivity contribution in [2.45, 2.75) is 31.9 Å². The maximum atomic E-state index is 12.8. The highest BCUT2D eigenvalue weighted by Crippen LogP contribution is 2.40.